The van der Waals surface area contributed by atoms with Gasteiger partial charge < -0.3 is 18.6 Å². The Morgan fingerprint density at radius 1 is 1.08 bits per heavy atom. The first-order chi connectivity index (χ1) is 17.2. The third kappa shape index (κ3) is 5.31. The molecular weight excluding hydrogens is 482 g/mol. The molecule has 0 unspecified atom stereocenters. The summed E-state index contributed by atoms with van der Waals surface area (Å²) in [7, 11) is -0.484. The van der Waals surface area contributed by atoms with Crippen molar-refractivity contribution < 1.29 is 19.1 Å². The Morgan fingerprint density at radius 2 is 1.68 bits per heavy atom. The van der Waals surface area contributed by atoms with E-state index in [0.29, 0.717) is 41.0 Å². The molecule has 3 rings (SSSR count). The molecular formula is C29H47N3O4Si. The van der Waals surface area contributed by atoms with Crippen LogP contribution in [-0.2, 0) is 4.74 Å². The van der Waals surface area contributed by atoms with Gasteiger partial charge in [0.05, 0.1) is 18.9 Å². The molecule has 1 aliphatic rings. The van der Waals surface area contributed by atoms with Crippen LogP contribution in [0.1, 0.15) is 86.0 Å². The Labute approximate surface area is 224 Å². The fraction of sp³-hybridized carbons (Fsp3) is 0.690. The maximum Gasteiger partial charge on any atom is 0.410 e. The van der Waals surface area contributed by atoms with Crippen molar-refractivity contribution in [2.75, 3.05) is 20.2 Å². The Morgan fingerprint density at radius 3 is 2.19 bits per heavy atom. The largest absolute Gasteiger partial charge is 0.494 e. The third-order valence-electron chi connectivity index (χ3n) is 8.28. The highest BCUT2D eigenvalue weighted by Crippen LogP contribution is 2.45. The summed E-state index contributed by atoms with van der Waals surface area (Å²) in [4.78, 5) is 33.6. The topological polar surface area (TPSA) is 73.7 Å². The Balaban J connectivity index is 2.11. The van der Waals surface area contributed by atoms with Gasteiger partial charge in [-0.1, -0.05) is 48.5 Å². The molecule has 1 saturated heterocycles. The van der Waals surface area contributed by atoms with Crippen molar-refractivity contribution in [1.29, 1.82) is 0 Å². The third-order valence-corrected chi connectivity index (χ3v) is 15.0. The number of methoxy groups -OCH3 is 1. The van der Waals surface area contributed by atoms with Gasteiger partial charge in [0, 0.05) is 24.4 Å². The van der Waals surface area contributed by atoms with Crippen LogP contribution >= 0.6 is 0 Å². The molecule has 2 aromatic rings. The van der Waals surface area contributed by atoms with Gasteiger partial charge in [0.2, 0.25) is 0 Å². The van der Waals surface area contributed by atoms with Crippen LogP contribution in [0.4, 0.5) is 4.79 Å². The summed E-state index contributed by atoms with van der Waals surface area (Å²) in [5.41, 5.74) is 2.33. The number of carbonyl (C=O) groups excluding carboxylic acids is 2. The first kappa shape index (κ1) is 29.2. The molecule has 3 heterocycles. The molecule has 7 nitrogen and oxygen atoms in total. The molecule has 206 valence electrons. The Kier molecular flexibility index (Phi) is 8.52. The average molecular weight is 530 g/mol. The second kappa shape index (κ2) is 10.8. The standard InChI is InChI=1S/C29H47N3O4Si/c1-18(2)37(19(3)4,20(5)6)32-15-13-22-25(24(35-11)16-30-27(22)32)26(33)23-17-31(14-12-21(23)7)28(34)36-29(8,9)10/h13,15-16,18-21,23H,12,14,17H2,1-11H3/t21-,23+/m0/s1. The molecule has 8 heteroatoms. The number of hydrogen-bond donors (Lipinski definition) is 0. The summed E-state index contributed by atoms with van der Waals surface area (Å²) >= 11 is 0. The van der Waals surface area contributed by atoms with Crippen LogP contribution in [-0.4, -0.2) is 60.0 Å². The van der Waals surface area contributed by atoms with Gasteiger partial charge in [-0.2, -0.15) is 0 Å². The van der Waals surface area contributed by atoms with E-state index in [1.807, 2.05) is 26.8 Å². The quantitative estimate of drug-likeness (QED) is 0.281. The zero-order chi connectivity index (χ0) is 27.9. The van der Waals surface area contributed by atoms with Gasteiger partial charge in [0.15, 0.2) is 14.0 Å². The number of hydrogen-bond acceptors (Lipinski definition) is 5. The highest BCUT2D eigenvalue weighted by atomic mass is 28.3. The summed E-state index contributed by atoms with van der Waals surface area (Å²) in [5.74, 6) is 0.291. The highest BCUT2D eigenvalue weighted by Gasteiger charge is 2.46. The number of aromatic nitrogens is 2. The Hall–Kier alpha value is -2.35. The predicted octanol–water partition coefficient (Wildman–Crippen LogP) is 7.14. The number of Topliss-reactive ketones (excluding diaryl/α,β-unsaturated/α-hetero) is 1. The first-order valence-corrected chi connectivity index (χ1v) is 15.9. The maximum absolute atomic E-state index is 14.2. The number of carbonyl (C=O) groups is 2. The van der Waals surface area contributed by atoms with Crippen molar-refractivity contribution in [1.82, 2.24) is 14.1 Å². The van der Waals surface area contributed by atoms with E-state index in [1.54, 1.807) is 18.2 Å². The van der Waals surface area contributed by atoms with Crippen LogP contribution < -0.4 is 4.74 Å². The molecule has 0 spiro atoms. The summed E-state index contributed by atoms with van der Waals surface area (Å²) in [6.07, 6.45) is 4.23. The van der Waals surface area contributed by atoms with Crippen LogP contribution in [0.5, 0.6) is 5.75 Å². The van der Waals surface area contributed by atoms with Crippen molar-refractivity contribution in [3.05, 3.63) is 24.0 Å². The summed E-state index contributed by atoms with van der Waals surface area (Å²) in [6, 6.07) is 2.05. The lowest BCUT2D eigenvalue weighted by molar-refractivity contribution is 0.0124. The summed E-state index contributed by atoms with van der Waals surface area (Å²) < 4.78 is 13.7. The zero-order valence-corrected chi connectivity index (χ0v) is 25.7. The van der Waals surface area contributed by atoms with Crippen molar-refractivity contribution in [3.8, 4) is 5.75 Å². The smallest absolute Gasteiger partial charge is 0.410 e. The molecule has 0 radical (unpaired) electrons. The number of rotatable bonds is 7. The van der Waals surface area contributed by atoms with E-state index in [-0.39, 0.29) is 23.7 Å². The van der Waals surface area contributed by atoms with E-state index in [1.165, 1.54) is 0 Å². The number of amides is 1. The van der Waals surface area contributed by atoms with Gasteiger partial charge >= 0.3 is 6.09 Å². The van der Waals surface area contributed by atoms with Crippen molar-refractivity contribution in [2.24, 2.45) is 11.8 Å². The lowest BCUT2D eigenvalue weighted by atomic mass is 9.81. The molecule has 1 amide bonds. The monoisotopic (exact) mass is 529 g/mol. The average Bonchev–Trinajstić information content (AvgIpc) is 3.20. The van der Waals surface area contributed by atoms with E-state index < -0.39 is 13.8 Å². The molecule has 1 aliphatic heterocycles. The van der Waals surface area contributed by atoms with E-state index in [9.17, 15) is 9.59 Å². The molecule has 0 bridgehead atoms. The number of fused-ring (bicyclic) bond motifs is 1. The van der Waals surface area contributed by atoms with Gasteiger partial charge in [-0.25, -0.2) is 9.78 Å². The van der Waals surface area contributed by atoms with Gasteiger partial charge in [-0.15, -0.1) is 0 Å². The van der Waals surface area contributed by atoms with Crippen LogP contribution in [0, 0.1) is 11.8 Å². The number of pyridine rings is 1. The van der Waals surface area contributed by atoms with E-state index in [4.69, 9.17) is 14.5 Å². The zero-order valence-electron chi connectivity index (χ0n) is 24.7. The summed E-state index contributed by atoms with van der Waals surface area (Å²) in [6.45, 7) is 22.5. The minimum atomic E-state index is -2.07. The second-order valence-corrected chi connectivity index (χ2v) is 18.4. The molecule has 2 aromatic heterocycles. The van der Waals surface area contributed by atoms with Crippen LogP contribution in [0.2, 0.25) is 16.6 Å². The van der Waals surface area contributed by atoms with Crippen molar-refractivity contribution in [3.63, 3.8) is 0 Å². The number of ketones is 1. The van der Waals surface area contributed by atoms with Gasteiger partial charge in [0.1, 0.15) is 17.0 Å². The SMILES string of the molecule is COc1cnc2c(ccn2[Si](C(C)C)(C(C)C)C(C)C)c1C(=O)[C@@H]1CN(C(=O)OC(C)(C)C)CC[C@@H]1C. The first-order valence-electron chi connectivity index (χ1n) is 13.7. The van der Waals surface area contributed by atoms with Gasteiger partial charge in [-0.05, 0) is 62.0 Å². The normalized spacial score (nSPS) is 19.2. The molecule has 0 N–H and O–H groups in total. The number of nitrogens with zero attached hydrogens (tertiary/aromatic N) is 3. The van der Waals surface area contributed by atoms with E-state index >= 15 is 0 Å². The highest BCUT2D eigenvalue weighted by molar-refractivity contribution is 6.82. The van der Waals surface area contributed by atoms with Crippen LogP contribution in [0.3, 0.4) is 0 Å². The maximum atomic E-state index is 14.2. The minimum Gasteiger partial charge on any atom is -0.494 e. The van der Waals surface area contributed by atoms with Crippen LogP contribution in [0.15, 0.2) is 18.5 Å². The summed E-state index contributed by atoms with van der Waals surface area (Å²) in [5, 5.41) is 0.838. The molecule has 1 fully saturated rings. The number of ether oxygens (including phenoxy) is 2. The van der Waals surface area contributed by atoms with Crippen molar-refractivity contribution in [2.45, 2.75) is 97.9 Å². The molecule has 0 aromatic carbocycles. The molecule has 37 heavy (non-hydrogen) atoms. The van der Waals surface area contributed by atoms with Gasteiger partial charge in [0.25, 0.3) is 0 Å². The number of piperidine rings is 1. The molecule has 2 atom stereocenters. The fourth-order valence-corrected chi connectivity index (χ4v) is 13.3. The predicted molar refractivity (Wildman–Crippen MR) is 152 cm³/mol. The fourth-order valence-electron chi connectivity index (χ4n) is 6.71. The van der Waals surface area contributed by atoms with E-state index in [2.05, 4.69) is 58.9 Å². The lowest BCUT2D eigenvalue weighted by Crippen LogP contribution is -2.51. The van der Waals surface area contributed by atoms with Gasteiger partial charge in [-0.3, -0.25) is 4.79 Å². The Bertz CT molecular complexity index is 1110. The minimum absolute atomic E-state index is 0.00802. The molecule has 0 aliphatic carbocycles. The van der Waals surface area contributed by atoms with Crippen LogP contribution in [0.25, 0.3) is 11.0 Å². The number of likely N-dealkylation sites (tertiary alicyclic amines) is 1. The lowest BCUT2D eigenvalue weighted by Gasteiger charge is -2.44. The van der Waals surface area contributed by atoms with E-state index in [0.717, 1.165) is 17.5 Å². The van der Waals surface area contributed by atoms with Crippen molar-refractivity contribution >= 4 is 31.1 Å². The molecule has 0 saturated carbocycles. The second-order valence-electron chi connectivity index (χ2n) is 12.6.